The predicted molar refractivity (Wildman–Crippen MR) is 177 cm³/mol. The highest BCUT2D eigenvalue weighted by Gasteiger charge is 2.39. The van der Waals surface area contributed by atoms with Crippen molar-refractivity contribution in [1.82, 2.24) is 0 Å². The Bertz CT molecular complexity index is 833. The topological polar surface area (TPSA) is 126 Å². The van der Waals surface area contributed by atoms with Gasteiger partial charge in [-0.05, 0) is 70.8 Å². The average molecular weight is 639 g/mol. The van der Waals surface area contributed by atoms with E-state index in [-0.39, 0.29) is 36.5 Å². The van der Waals surface area contributed by atoms with Gasteiger partial charge in [-0.1, -0.05) is 90.4 Å². The number of aliphatic hydroxyl groups excluding tert-OH is 4. The van der Waals surface area contributed by atoms with E-state index in [4.69, 9.17) is 14.2 Å². The summed E-state index contributed by atoms with van der Waals surface area (Å²) in [6, 6.07) is 0. The van der Waals surface area contributed by atoms with Gasteiger partial charge in [0.1, 0.15) is 6.10 Å². The molecule has 3 aliphatic rings. The highest BCUT2D eigenvalue weighted by molar-refractivity contribution is 5.90. The van der Waals surface area contributed by atoms with Crippen molar-refractivity contribution in [1.29, 1.82) is 0 Å². The third-order valence-electron chi connectivity index (χ3n) is 10.1. The monoisotopic (exact) mass is 638 g/mol. The second kappa shape index (κ2) is 21.8. The van der Waals surface area contributed by atoms with Gasteiger partial charge in [0.25, 0.3) is 0 Å². The van der Waals surface area contributed by atoms with Crippen LogP contribution in [0.25, 0.3) is 0 Å². The van der Waals surface area contributed by atoms with Crippen LogP contribution in [-0.2, 0) is 19.0 Å². The Morgan fingerprint density at radius 2 is 1.31 bits per heavy atom. The summed E-state index contributed by atoms with van der Waals surface area (Å²) in [6.45, 7) is 4.06. The van der Waals surface area contributed by atoms with Crippen LogP contribution in [0.2, 0.25) is 0 Å². The van der Waals surface area contributed by atoms with Gasteiger partial charge in [0.2, 0.25) is 0 Å². The maximum atomic E-state index is 11.7. The highest BCUT2D eigenvalue weighted by Crippen LogP contribution is 2.34. The molecular weight excluding hydrogens is 572 g/mol. The average Bonchev–Trinajstić information content (AvgIpc) is 3.76. The van der Waals surface area contributed by atoms with E-state index < -0.39 is 24.4 Å². The lowest BCUT2D eigenvalue weighted by molar-refractivity contribution is -0.139. The minimum absolute atomic E-state index is 0.0311. The van der Waals surface area contributed by atoms with Gasteiger partial charge in [-0.2, -0.15) is 0 Å². The first-order valence-electron chi connectivity index (χ1n) is 18.7. The summed E-state index contributed by atoms with van der Waals surface area (Å²) in [5.41, 5.74) is 0.606. The van der Waals surface area contributed by atoms with Crippen LogP contribution in [0.4, 0.5) is 0 Å². The number of rotatable bonds is 25. The molecule has 9 atom stereocenters. The largest absolute Gasteiger partial charge is 0.455 e. The fraction of sp³-hybridized carbons (Fsp3) is 0.919. The second-order valence-corrected chi connectivity index (χ2v) is 14.2. The molecule has 0 unspecified atom stereocenters. The summed E-state index contributed by atoms with van der Waals surface area (Å²) in [5.74, 6) is -0.290. The molecule has 8 heteroatoms. The molecule has 0 aromatic heterocycles. The SMILES string of the molecule is CCCCCCCCCC[C@H](O)[C@H](O)CC[C@@H](O)[C@H]1CC[C@@H]([C@H]2CC[C@H](CCCCCCC[C@@H](O)CC3=C[C@H](C)OC3=O)O2)O1. The maximum absolute atomic E-state index is 11.7. The van der Waals surface area contributed by atoms with Crippen LogP contribution >= 0.6 is 0 Å². The van der Waals surface area contributed by atoms with Gasteiger partial charge in [-0.15, -0.1) is 0 Å². The third kappa shape index (κ3) is 14.7. The van der Waals surface area contributed by atoms with Gasteiger partial charge in [0.15, 0.2) is 0 Å². The second-order valence-electron chi connectivity index (χ2n) is 14.2. The van der Waals surface area contributed by atoms with Crippen LogP contribution in [-0.4, -0.2) is 81.3 Å². The van der Waals surface area contributed by atoms with E-state index in [1.807, 2.05) is 13.0 Å². The Kier molecular flexibility index (Phi) is 18.6. The quantitative estimate of drug-likeness (QED) is 0.0634. The molecule has 2 saturated heterocycles. The molecule has 0 spiro atoms. The van der Waals surface area contributed by atoms with Crippen molar-refractivity contribution < 1.29 is 39.4 Å². The van der Waals surface area contributed by atoms with E-state index in [0.717, 1.165) is 77.0 Å². The standard InChI is InChI=1S/C37H66O8/c1-3-4-5-6-7-8-12-15-18-31(39)32(40)20-21-33(41)34-23-24-36(45-34)35-22-19-30(44-35)17-14-11-9-10-13-16-29(38)26-28-25-27(2)43-37(28)42/h25,27,29-36,38-41H,3-24,26H2,1-2H3/t27-,29+,30-,31-,32+,33+,34+,35+,36-/m0/s1. The number of aliphatic hydroxyl groups is 4. The Morgan fingerprint density at radius 3 is 2.00 bits per heavy atom. The van der Waals surface area contributed by atoms with Gasteiger partial charge < -0.3 is 34.6 Å². The van der Waals surface area contributed by atoms with Gasteiger partial charge in [0.05, 0.1) is 48.8 Å². The first kappa shape index (κ1) is 38.4. The number of carbonyl (C=O) groups excluding carboxylic acids is 1. The number of hydrogen-bond acceptors (Lipinski definition) is 8. The Hall–Kier alpha value is -1.03. The van der Waals surface area contributed by atoms with Crippen molar-refractivity contribution in [3.05, 3.63) is 11.6 Å². The molecule has 0 saturated carbocycles. The third-order valence-corrected chi connectivity index (χ3v) is 10.1. The molecule has 0 aromatic rings. The molecule has 0 radical (unpaired) electrons. The van der Waals surface area contributed by atoms with Crippen LogP contribution in [0, 0.1) is 0 Å². The number of ether oxygens (including phenoxy) is 3. The minimum Gasteiger partial charge on any atom is -0.455 e. The van der Waals surface area contributed by atoms with Gasteiger partial charge in [0, 0.05) is 12.0 Å². The van der Waals surface area contributed by atoms with E-state index in [0.29, 0.717) is 37.7 Å². The minimum atomic E-state index is -0.794. The zero-order valence-electron chi connectivity index (χ0n) is 28.5. The smallest absolute Gasteiger partial charge is 0.334 e. The fourth-order valence-electron chi connectivity index (χ4n) is 7.28. The zero-order valence-corrected chi connectivity index (χ0v) is 28.5. The molecular formula is C37H66O8. The van der Waals surface area contributed by atoms with Crippen molar-refractivity contribution in [2.75, 3.05) is 0 Å². The van der Waals surface area contributed by atoms with Crippen LogP contribution in [0.1, 0.15) is 162 Å². The lowest BCUT2D eigenvalue weighted by Crippen LogP contribution is -2.33. The molecule has 2 fully saturated rings. The van der Waals surface area contributed by atoms with Gasteiger partial charge >= 0.3 is 5.97 Å². The van der Waals surface area contributed by atoms with Crippen LogP contribution < -0.4 is 0 Å². The molecule has 8 nitrogen and oxygen atoms in total. The molecule has 0 bridgehead atoms. The lowest BCUT2D eigenvalue weighted by atomic mass is 9.97. The molecule has 262 valence electrons. The summed E-state index contributed by atoms with van der Waals surface area (Å²) in [6.07, 6.45) is 21.8. The van der Waals surface area contributed by atoms with Gasteiger partial charge in [-0.25, -0.2) is 4.79 Å². The van der Waals surface area contributed by atoms with E-state index >= 15 is 0 Å². The number of esters is 1. The van der Waals surface area contributed by atoms with Crippen molar-refractivity contribution in [2.45, 2.75) is 216 Å². The molecule has 45 heavy (non-hydrogen) atoms. The van der Waals surface area contributed by atoms with Crippen molar-refractivity contribution in [3.8, 4) is 0 Å². The van der Waals surface area contributed by atoms with E-state index in [1.165, 1.54) is 38.5 Å². The first-order valence-corrected chi connectivity index (χ1v) is 18.7. The molecule has 0 aliphatic carbocycles. The molecule has 0 aromatic carbocycles. The summed E-state index contributed by atoms with van der Waals surface area (Å²) in [7, 11) is 0. The predicted octanol–water partition coefficient (Wildman–Crippen LogP) is 6.83. The summed E-state index contributed by atoms with van der Waals surface area (Å²) in [5, 5.41) is 41.8. The molecule has 3 heterocycles. The van der Waals surface area contributed by atoms with Crippen molar-refractivity contribution in [3.63, 3.8) is 0 Å². The first-order chi connectivity index (χ1) is 21.8. The number of cyclic esters (lactones) is 1. The molecule has 3 rings (SSSR count). The van der Waals surface area contributed by atoms with E-state index in [1.54, 1.807) is 0 Å². The maximum Gasteiger partial charge on any atom is 0.334 e. The molecule has 3 aliphatic heterocycles. The van der Waals surface area contributed by atoms with Crippen LogP contribution in [0.5, 0.6) is 0 Å². The summed E-state index contributed by atoms with van der Waals surface area (Å²) >= 11 is 0. The van der Waals surface area contributed by atoms with Crippen molar-refractivity contribution >= 4 is 5.97 Å². The Labute approximate surface area is 273 Å². The number of hydrogen-bond donors (Lipinski definition) is 4. The lowest BCUT2D eigenvalue weighted by Gasteiger charge is -2.24. The van der Waals surface area contributed by atoms with Crippen LogP contribution in [0.3, 0.4) is 0 Å². The zero-order chi connectivity index (χ0) is 32.4. The fourth-order valence-corrected chi connectivity index (χ4v) is 7.28. The van der Waals surface area contributed by atoms with E-state index in [2.05, 4.69) is 6.92 Å². The number of carbonyl (C=O) groups is 1. The molecule has 0 amide bonds. The number of unbranched alkanes of at least 4 members (excludes halogenated alkanes) is 11. The highest BCUT2D eigenvalue weighted by atomic mass is 16.6. The Morgan fingerprint density at radius 1 is 0.711 bits per heavy atom. The Balaban J connectivity index is 1.17. The summed E-state index contributed by atoms with van der Waals surface area (Å²) < 4.78 is 17.7. The normalized spacial score (nSPS) is 27.8. The van der Waals surface area contributed by atoms with Crippen molar-refractivity contribution in [2.24, 2.45) is 0 Å². The van der Waals surface area contributed by atoms with Crippen LogP contribution in [0.15, 0.2) is 11.6 Å². The van der Waals surface area contributed by atoms with E-state index in [9.17, 15) is 25.2 Å². The molecule has 4 N–H and O–H groups in total. The summed E-state index contributed by atoms with van der Waals surface area (Å²) in [4.78, 5) is 11.7. The van der Waals surface area contributed by atoms with Gasteiger partial charge in [-0.3, -0.25) is 0 Å².